The highest BCUT2D eigenvalue weighted by molar-refractivity contribution is 6.31. The van der Waals surface area contributed by atoms with Gasteiger partial charge >= 0.3 is 0 Å². The van der Waals surface area contributed by atoms with Crippen LogP contribution in [0.1, 0.15) is 27.2 Å². The molecule has 5 heteroatoms. The van der Waals surface area contributed by atoms with Crippen LogP contribution in [0.15, 0.2) is 71.1 Å². The number of furan rings is 1. The summed E-state index contributed by atoms with van der Waals surface area (Å²) < 4.78 is 19.8. The summed E-state index contributed by atoms with van der Waals surface area (Å²) >= 11 is 6.24. The van der Waals surface area contributed by atoms with Crippen LogP contribution in [0.4, 0.5) is 10.1 Å². The van der Waals surface area contributed by atoms with E-state index in [1.165, 1.54) is 6.07 Å². The van der Waals surface area contributed by atoms with Crippen molar-refractivity contribution in [3.05, 3.63) is 100 Å². The first-order chi connectivity index (χ1) is 13.5. The maximum absolute atomic E-state index is 14.0. The average molecular weight is 394 g/mol. The average Bonchev–Trinajstić information content (AvgIpc) is 3.07. The molecule has 0 aliphatic rings. The SMILES string of the molecule is Cc1ccc(C(=O)c2oc3ccccc3c2NCc2ccccc2Cl)cc1F. The van der Waals surface area contributed by atoms with Crippen molar-refractivity contribution in [2.24, 2.45) is 0 Å². The summed E-state index contributed by atoms with van der Waals surface area (Å²) in [6.07, 6.45) is 0. The number of hydrogen-bond acceptors (Lipinski definition) is 3. The Morgan fingerprint density at radius 1 is 1.07 bits per heavy atom. The highest BCUT2D eigenvalue weighted by Crippen LogP contribution is 2.33. The third kappa shape index (κ3) is 3.39. The van der Waals surface area contributed by atoms with Crippen LogP contribution in [0.25, 0.3) is 11.0 Å². The molecule has 4 rings (SSSR count). The number of hydrogen-bond donors (Lipinski definition) is 1. The third-order valence-corrected chi connectivity index (χ3v) is 5.02. The first kappa shape index (κ1) is 18.3. The Hall–Kier alpha value is -3.11. The molecule has 0 fully saturated rings. The fourth-order valence-corrected chi connectivity index (χ4v) is 3.27. The molecule has 0 amide bonds. The van der Waals surface area contributed by atoms with E-state index in [2.05, 4.69) is 5.32 Å². The van der Waals surface area contributed by atoms with E-state index in [1.807, 2.05) is 42.5 Å². The van der Waals surface area contributed by atoms with E-state index in [-0.39, 0.29) is 17.1 Å². The maximum atomic E-state index is 14.0. The van der Waals surface area contributed by atoms with Gasteiger partial charge in [0.2, 0.25) is 5.78 Å². The lowest BCUT2D eigenvalue weighted by atomic mass is 10.0. The van der Waals surface area contributed by atoms with Crippen molar-refractivity contribution >= 4 is 34.0 Å². The second-order valence-corrected chi connectivity index (χ2v) is 6.95. The number of halogens is 2. The molecule has 1 aromatic heterocycles. The Morgan fingerprint density at radius 3 is 2.61 bits per heavy atom. The fraction of sp³-hybridized carbons (Fsp3) is 0.0870. The van der Waals surface area contributed by atoms with Crippen molar-refractivity contribution in [3.63, 3.8) is 0 Å². The van der Waals surface area contributed by atoms with Gasteiger partial charge in [-0.1, -0.05) is 54.1 Å². The van der Waals surface area contributed by atoms with E-state index < -0.39 is 5.82 Å². The molecule has 0 bridgehead atoms. The zero-order chi connectivity index (χ0) is 19.7. The molecule has 0 radical (unpaired) electrons. The molecular weight excluding hydrogens is 377 g/mol. The zero-order valence-corrected chi connectivity index (χ0v) is 15.9. The molecule has 0 saturated carbocycles. The van der Waals surface area contributed by atoms with Crippen molar-refractivity contribution in [1.82, 2.24) is 0 Å². The second-order valence-electron chi connectivity index (χ2n) is 6.54. The molecule has 0 unspecified atom stereocenters. The van der Waals surface area contributed by atoms with E-state index in [1.54, 1.807) is 25.1 Å². The Labute approximate surface area is 166 Å². The van der Waals surface area contributed by atoms with Gasteiger partial charge in [0.25, 0.3) is 0 Å². The number of carbonyl (C=O) groups is 1. The topological polar surface area (TPSA) is 42.2 Å². The summed E-state index contributed by atoms with van der Waals surface area (Å²) in [4.78, 5) is 13.1. The van der Waals surface area contributed by atoms with Gasteiger partial charge in [-0.15, -0.1) is 0 Å². The smallest absolute Gasteiger partial charge is 0.230 e. The lowest BCUT2D eigenvalue weighted by Gasteiger charge is -2.09. The predicted molar refractivity (Wildman–Crippen MR) is 110 cm³/mol. The number of nitrogens with one attached hydrogen (secondary N) is 1. The summed E-state index contributed by atoms with van der Waals surface area (Å²) in [5.74, 6) is -0.652. The maximum Gasteiger partial charge on any atom is 0.230 e. The quantitative estimate of drug-likeness (QED) is 0.400. The highest BCUT2D eigenvalue weighted by atomic mass is 35.5. The van der Waals surface area contributed by atoms with Crippen LogP contribution in [0, 0.1) is 12.7 Å². The number of rotatable bonds is 5. The first-order valence-corrected chi connectivity index (χ1v) is 9.22. The summed E-state index contributed by atoms with van der Waals surface area (Å²) in [6, 6.07) is 19.3. The molecule has 3 aromatic carbocycles. The summed E-state index contributed by atoms with van der Waals surface area (Å²) in [5.41, 5.74) is 2.77. The van der Waals surface area contributed by atoms with Crippen LogP contribution in [0.3, 0.4) is 0 Å². The number of aryl methyl sites for hydroxylation is 1. The molecule has 0 atom stereocenters. The van der Waals surface area contributed by atoms with Gasteiger partial charge < -0.3 is 9.73 Å². The second kappa shape index (κ2) is 7.49. The standard InChI is InChI=1S/C23H17ClFNO2/c1-14-10-11-15(12-19(14)25)22(27)23-21(17-7-3-5-9-20(17)28-23)26-13-16-6-2-4-8-18(16)24/h2-12,26H,13H2,1H3. The molecule has 0 saturated heterocycles. The van der Waals surface area contributed by atoms with Crippen LogP contribution in [-0.2, 0) is 6.54 Å². The molecule has 0 aliphatic heterocycles. The van der Waals surface area contributed by atoms with Crippen molar-refractivity contribution in [2.75, 3.05) is 5.32 Å². The molecule has 140 valence electrons. The largest absolute Gasteiger partial charge is 0.450 e. The number of ketones is 1. The molecule has 3 nitrogen and oxygen atoms in total. The van der Waals surface area contributed by atoms with Crippen LogP contribution < -0.4 is 5.32 Å². The van der Waals surface area contributed by atoms with E-state index in [0.29, 0.717) is 28.4 Å². The van der Waals surface area contributed by atoms with Crippen LogP contribution in [0.2, 0.25) is 5.02 Å². The van der Waals surface area contributed by atoms with Gasteiger partial charge in [0.1, 0.15) is 11.4 Å². The van der Waals surface area contributed by atoms with Gasteiger partial charge in [0, 0.05) is 22.5 Å². The number of fused-ring (bicyclic) bond motifs is 1. The van der Waals surface area contributed by atoms with Crippen molar-refractivity contribution < 1.29 is 13.6 Å². The highest BCUT2D eigenvalue weighted by Gasteiger charge is 2.22. The van der Waals surface area contributed by atoms with E-state index in [0.717, 1.165) is 10.9 Å². The molecule has 4 aromatic rings. The van der Waals surface area contributed by atoms with E-state index in [9.17, 15) is 9.18 Å². The summed E-state index contributed by atoms with van der Waals surface area (Å²) in [6.45, 7) is 2.08. The Kier molecular flexibility index (Phi) is 4.88. The van der Waals surface area contributed by atoms with Crippen molar-refractivity contribution in [2.45, 2.75) is 13.5 Å². The molecule has 28 heavy (non-hydrogen) atoms. The summed E-state index contributed by atoms with van der Waals surface area (Å²) in [7, 11) is 0. The number of para-hydroxylation sites is 1. The minimum Gasteiger partial charge on any atom is -0.450 e. The normalized spacial score (nSPS) is 11.0. The number of carbonyl (C=O) groups excluding carboxylic acids is 1. The van der Waals surface area contributed by atoms with Gasteiger partial charge in [0.05, 0.1) is 5.69 Å². The molecule has 1 heterocycles. The number of benzene rings is 3. The zero-order valence-electron chi connectivity index (χ0n) is 15.1. The van der Waals surface area contributed by atoms with E-state index >= 15 is 0 Å². The van der Waals surface area contributed by atoms with E-state index in [4.69, 9.17) is 16.0 Å². The lowest BCUT2D eigenvalue weighted by Crippen LogP contribution is -2.07. The Morgan fingerprint density at radius 2 is 1.82 bits per heavy atom. The van der Waals surface area contributed by atoms with Crippen LogP contribution >= 0.6 is 11.6 Å². The van der Waals surface area contributed by atoms with Gasteiger partial charge in [-0.3, -0.25) is 4.79 Å². The summed E-state index contributed by atoms with van der Waals surface area (Å²) in [5, 5.41) is 4.70. The van der Waals surface area contributed by atoms with Gasteiger partial charge in [-0.2, -0.15) is 0 Å². The monoisotopic (exact) mass is 393 g/mol. The van der Waals surface area contributed by atoms with Crippen LogP contribution in [-0.4, -0.2) is 5.78 Å². The minimum absolute atomic E-state index is 0.150. The molecular formula is C23H17ClFNO2. The molecule has 0 aliphatic carbocycles. The third-order valence-electron chi connectivity index (χ3n) is 4.65. The van der Waals surface area contributed by atoms with Crippen molar-refractivity contribution in [3.8, 4) is 0 Å². The Bertz CT molecular complexity index is 1180. The first-order valence-electron chi connectivity index (χ1n) is 8.84. The molecule has 1 N–H and O–H groups in total. The van der Waals surface area contributed by atoms with Gasteiger partial charge in [0.15, 0.2) is 5.76 Å². The fourth-order valence-electron chi connectivity index (χ4n) is 3.07. The minimum atomic E-state index is -0.424. The van der Waals surface area contributed by atoms with Gasteiger partial charge in [-0.05, 0) is 42.3 Å². The van der Waals surface area contributed by atoms with Gasteiger partial charge in [-0.25, -0.2) is 4.39 Å². The lowest BCUT2D eigenvalue weighted by molar-refractivity contribution is 0.101. The van der Waals surface area contributed by atoms with Crippen LogP contribution in [0.5, 0.6) is 0 Å². The van der Waals surface area contributed by atoms with Crippen molar-refractivity contribution in [1.29, 1.82) is 0 Å². The molecule has 0 spiro atoms. The predicted octanol–water partition coefficient (Wildman–Crippen LogP) is 6.38. The Balaban J connectivity index is 1.75. The number of anilines is 1.